The van der Waals surface area contributed by atoms with Gasteiger partial charge in [0.1, 0.15) is 17.3 Å². The number of alkyl halides is 3. The predicted octanol–water partition coefficient (Wildman–Crippen LogP) is 5.02. The average Bonchev–Trinajstić information content (AvgIpc) is 3.30. The molecule has 2 aromatic carbocycles. The van der Waals surface area contributed by atoms with Gasteiger partial charge >= 0.3 is 6.36 Å². The van der Waals surface area contributed by atoms with Crippen molar-refractivity contribution < 1.29 is 26.8 Å². The standard InChI is InChI=1S/C25H28F4N4O2/c1-2-31(11-12-32-13-15-33(16-14-32)21-7-5-20(26)6-8-21)18-23-17-24(30-35-23)19-3-9-22(10-4-19)34-25(27,28)29/h3-10,17H,2,11-16,18H2,1H3. The molecule has 1 aromatic heterocycles. The Balaban J connectivity index is 1.25. The molecule has 6 nitrogen and oxygen atoms in total. The lowest BCUT2D eigenvalue weighted by molar-refractivity contribution is -0.274. The number of hydrogen-bond donors (Lipinski definition) is 0. The highest BCUT2D eigenvalue weighted by atomic mass is 19.4. The second kappa shape index (κ2) is 11.1. The minimum atomic E-state index is -4.72. The first-order chi connectivity index (χ1) is 16.8. The molecular weight excluding hydrogens is 464 g/mol. The molecule has 0 unspecified atom stereocenters. The van der Waals surface area contributed by atoms with Crippen LogP contribution in [0.25, 0.3) is 11.3 Å². The number of nitrogens with zero attached hydrogens (tertiary/aromatic N) is 4. The van der Waals surface area contributed by atoms with E-state index >= 15 is 0 Å². The highest BCUT2D eigenvalue weighted by Crippen LogP contribution is 2.26. The van der Waals surface area contributed by atoms with Gasteiger partial charge in [-0.2, -0.15) is 0 Å². The molecule has 1 saturated heterocycles. The van der Waals surface area contributed by atoms with Gasteiger partial charge in [0.05, 0.1) is 6.54 Å². The van der Waals surface area contributed by atoms with Crippen LogP contribution in [0.4, 0.5) is 23.2 Å². The van der Waals surface area contributed by atoms with Crippen LogP contribution in [0.3, 0.4) is 0 Å². The van der Waals surface area contributed by atoms with Crippen LogP contribution in [-0.4, -0.2) is 67.1 Å². The Bertz CT molecular complexity index is 1060. The Kier molecular flexibility index (Phi) is 7.92. The lowest BCUT2D eigenvalue weighted by Gasteiger charge is -2.36. The van der Waals surface area contributed by atoms with E-state index in [4.69, 9.17) is 4.52 Å². The third-order valence-corrected chi connectivity index (χ3v) is 6.07. The van der Waals surface area contributed by atoms with Crippen LogP contribution < -0.4 is 9.64 Å². The van der Waals surface area contributed by atoms with Crippen molar-refractivity contribution in [2.45, 2.75) is 19.8 Å². The van der Waals surface area contributed by atoms with Crippen molar-refractivity contribution in [2.75, 3.05) is 50.7 Å². The third kappa shape index (κ3) is 7.19. The number of likely N-dealkylation sites (N-methyl/N-ethyl adjacent to an activating group) is 1. The summed E-state index contributed by atoms with van der Waals surface area (Å²) in [6, 6.07) is 14.0. The predicted molar refractivity (Wildman–Crippen MR) is 125 cm³/mol. The largest absolute Gasteiger partial charge is 0.573 e. The summed E-state index contributed by atoms with van der Waals surface area (Å²) in [5.74, 6) is 0.193. The van der Waals surface area contributed by atoms with E-state index < -0.39 is 6.36 Å². The van der Waals surface area contributed by atoms with E-state index in [0.717, 1.165) is 51.5 Å². The molecule has 0 saturated carbocycles. The van der Waals surface area contributed by atoms with Gasteiger partial charge in [0.2, 0.25) is 0 Å². The number of piperazine rings is 1. The van der Waals surface area contributed by atoms with Crippen LogP contribution in [0.2, 0.25) is 0 Å². The quantitative estimate of drug-likeness (QED) is 0.391. The maximum absolute atomic E-state index is 13.2. The molecule has 0 amide bonds. The topological polar surface area (TPSA) is 45.0 Å². The van der Waals surface area contributed by atoms with Crippen molar-refractivity contribution in [1.29, 1.82) is 0 Å². The number of halogens is 4. The molecule has 0 bridgehead atoms. The first-order valence-electron chi connectivity index (χ1n) is 11.6. The smallest absolute Gasteiger partial charge is 0.406 e. The maximum Gasteiger partial charge on any atom is 0.573 e. The molecule has 1 aliphatic heterocycles. The van der Waals surface area contributed by atoms with Crippen molar-refractivity contribution >= 4 is 5.69 Å². The van der Waals surface area contributed by atoms with Crippen molar-refractivity contribution in [3.63, 3.8) is 0 Å². The Hall–Kier alpha value is -3.11. The molecule has 0 spiro atoms. The van der Waals surface area contributed by atoms with E-state index in [0.29, 0.717) is 23.6 Å². The van der Waals surface area contributed by atoms with Gasteiger partial charge in [-0.1, -0.05) is 12.1 Å². The Morgan fingerprint density at radius 3 is 2.31 bits per heavy atom. The molecule has 2 heterocycles. The second-order valence-electron chi connectivity index (χ2n) is 8.42. The molecule has 0 aliphatic carbocycles. The minimum absolute atomic E-state index is 0.223. The molecule has 0 radical (unpaired) electrons. The number of hydrogen-bond acceptors (Lipinski definition) is 6. The summed E-state index contributed by atoms with van der Waals surface area (Å²) in [6.07, 6.45) is -4.72. The summed E-state index contributed by atoms with van der Waals surface area (Å²) >= 11 is 0. The summed E-state index contributed by atoms with van der Waals surface area (Å²) in [6.45, 7) is 8.99. The van der Waals surface area contributed by atoms with E-state index in [9.17, 15) is 17.6 Å². The Morgan fingerprint density at radius 2 is 1.69 bits per heavy atom. The zero-order chi connectivity index (χ0) is 24.8. The van der Waals surface area contributed by atoms with E-state index in [1.165, 1.54) is 36.4 Å². The fourth-order valence-corrected chi connectivity index (χ4v) is 4.08. The molecule has 10 heteroatoms. The highest BCUT2D eigenvalue weighted by Gasteiger charge is 2.31. The molecule has 35 heavy (non-hydrogen) atoms. The first kappa shape index (κ1) is 25.0. The van der Waals surface area contributed by atoms with Gasteiger partial charge in [-0.3, -0.25) is 9.80 Å². The summed E-state index contributed by atoms with van der Waals surface area (Å²) in [5.41, 5.74) is 2.26. The molecule has 0 atom stereocenters. The molecule has 188 valence electrons. The van der Waals surface area contributed by atoms with E-state index in [2.05, 4.69) is 31.5 Å². The first-order valence-corrected chi connectivity index (χ1v) is 11.6. The zero-order valence-electron chi connectivity index (χ0n) is 19.5. The van der Waals surface area contributed by atoms with Gasteiger partial charge in [0, 0.05) is 56.6 Å². The Morgan fingerprint density at radius 1 is 1.00 bits per heavy atom. The summed E-state index contributed by atoms with van der Waals surface area (Å²) in [4.78, 5) is 6.95. The number of aromatic nitrogens is 1. The molecule has 4 rings (SSSR count). The van der Waals surface area contributed by atoms with Gasteiger partial charge in [0.15, 0.2) is 5.76 Å². The number of ether oxygens (including phenoxy) is 1. The summed E-state index contributed by atoms with van der Waals surface area (Å²) in [5, 5.41) is 4.07. The number of anilines is 1. The van der Waals surface area contributed by atoms with Crippen LogP contribution in [0, 0.1) is 5.82 Å². The number of benzene rings is 2. The van der Waals surface area contributed by atoms with Crippen LogP contribution in [0.15, 0.2) is 59.1 Å². The lowest BCUT2D eigenvalue weighted by Crippen LogP contribution is -2.48. The van der Waals surface area contributed by atoms with Gasteiger partial charge in [0.25, 0.3) is 0 Å². The maximum atomic E-state index is 13.2. The van der Waals surface area contributed by atoms with Crippen LogP contribution in [0.5, 0.6) is 5.75 Å². The molecule has 1 fully saturated rings. The van der Waals surface area contributed by atoms with E-state index in [-0.39, 0.29) is 11.6 Å². The van der Waals surface area contributed by atoms with Crippen molar-refractivity contribution in [3.05, 3.63) is 66.2 Å². The molecular formula is C25H28F4N4O2. The monoisotopic (exact) mass is 492 g/mol. The van der Waals surface area contributed by atoms with Crippen molar-refractivity contribution in [1.82, 2.24) is 15.0 Å². The minimum Gasteiger partial charge on any atom is -0.406 e. The summed E-state index contributed by atoms with van der Waals surface area (Å²) in [7, 11) is 0. The highest BCUT2D eigenvalue weighted by molar-refractivity contribution is 5.59. The van der Waals surface area contributed by atoms with Crippen LogP contribution in [-0.2, 0) is 6.54 Å². The molecule has 0 N–H and O–H groups in total. The fourth-order valence-electron chi connectivity index (χ4n) is 4.08. The van der Waals surface area contributed by atoms with Crippen LogP contribution >= 0.6 is 0 Å². The van der Waals surface area contributed by atoms with Gasteiger partial charge < -0.3 is 14.2 Å². The van der Waals surface area contributed by atoms with Crippen molar-refractivity contribution in [3.8, 4) is 17.0 Å². The lowest BCUT2D eigenvalue weighted by atomic mass is 10.1. The van der Waals surface area contributed by atoms with E-state index in [1.807, 2.05) is 18.2 Å². The van der Waals surface area contributed by atoms with Crippen molar-refractivity contribution in [2.24, 2.45) is 0 Å². The van der Waals surface area contributed by atoms with Gasteiger partial charge in [-0.25, -0.2) is 4.39 Å². The zero-order valence-corrected chi connectivity index (χ0v) is 19.5. The van der Waals surface area contributed by atoms with Gasteiger partial charge in [-0.05, 0) is 55.1 Å². The SMILES string of the molecule is CCN(CCN1CCN(c2ccc(F)cc2)CC1)Cc1cc(-c2ccc(OC(F)(F)F)cc2)no1. The summed E-state index contributed by atoms with van der Waals surface area (Å²) < 4.78 is 59.5. The second-order valence-corrected chi connectivity index (χ2v) is 8.42. The normalized spacial score (nSPS) is 15.1. The Labute approximate surface area is 201 Å². The van der Waals surface area contributed by atoms with Gasteiger partial charge in [-0.15, -0.1) is 13.2 Å². The molecule has 3 aromatic rings. The third-order valence-electron chi connectivity index (χ3n) is 6.07. The molecule has 1 aliphatic rings. The van der Waals surface area contributed by atoms with E-state index in [1.54, 1.807) is 0 Å². The van der Waals surface area contributed by atoms with Crippen LogP contribution in [0.1, 0.15) is 12.7 Å². The average molecular weight is 493 g/mol. The fraction of sp³-hybridized carbons (Fsp3) is 0.400. The number of rotatable bonds is 9.